The van der Waals surface area contributed by atoms with E-state index in [0.29, 0.717) is 0 Å². The molecule has 1 aliphatic heterocycles. The predicted molar refractivity (Wildman–Crippen MR) is 119 cm³/mol. The van der Waals surface area contributed by atoms with Crippen LogP contribution in [0.15, 0.2) is 54.6 Å². The SMILES string of the molecule is Cc1ccc(CN(CCCN2CCCC2)CCSCc2ccccc2)cc1. The standard InChI is InChI=1S/C24H34N2S/c1-22-10-12-23(13-11-22)20-26(17-7-16-25-14-5-6-15-25)18-19-27-21-24-8-3-2-4-9-24/h2-4,8-13H,5-7,14-21H2,1H3. The Bertz CT molecular complexity index is 635. The normalized spacial score (nSPS) is 14.9. The molecule has 1 aliphatic rings. The fraction of sp³-hybridized carbons (Fsp3) is 0.500. The van der Waals surface area contributed by atoms with Crippen LogP contribution in [-0.4, -0.2) is 48.3 Å². The number of aryl methyl sites for hydroxylation is 1. The van der Waals surface area contributed by atoms with Crippen molar-refractivity contribution in [1.29, 1.82) is 0 Å². The number of hydrogen-bond acceptors (Lipinski definition) is 3. The van der Waals surface area contributed by atoms with E-state index in [0.717, 1.165) is 12.3 Å². The maximum atomic E-state index is 2.65. The van der Waals surface area contributed by atoms with Crippen molar-refractivity contribution in [1.82, 2.24) is 9.80 Å². The molecule has 0 spiro atoms. The van der Waals surface area contributed by atoms with Gasteiger partial charge < -0.3 is 4.90 Å². The smallest absolute Gasteiger partial charge is 0.0234 e. The van der Waals surface area contributed by atoms with Crippen molar-refractivity contribution in [3.05, 3.63) is 71.3 Å². The Balaban J connectivity index is 1.44. The van der Waals surface area contributed by atoms with Gasteiger partial charge in [0.05, 0.1) is 0 Å². The van der Waals surface area contributed by atoms with Crippen LogP contribution in [0.25, 0.3) is 0 Å². The van der Waals surface area contributed by atoms with Crippen LogP contribution in [0.5, 0.6) is 0 Å². The zero-order valence-corrected chi connectivity index (χ0v) is 17.6. The van der Waals surface area contributed by atoms with Crippen LogP contribution in [0, 0.1) is 6.92 Å². The van der Waals surface area contributed by atoms with Crippen molar-refractivity contribution in [2.24, 2.45) is 0 Å². The lowest BCUT2D eigenvalue weighted by Crippen LogP contribution is -2.30. The molecule has 3 rings (SSSR count). The summed E-state index contributed by atoms with van der Waals surface area (Å²) < 4.78 is 0. The first kappa shape index (κ1) is 20.4. The van der Waals surface area contributed by atoms with E-state index in [1.165, 1.54) is 74.4 Å². The van der Waals surface area contributed by atoms with E-state index in [4.69, 9.17) is 0 Å². The van der Waals surface area contributed by atoms with Gasteiger partial charge in [0.2, 0.25) is 0 Å². The minimum absolute atomic E-state index is 1.08. The molecular formula is C24H34N2S. The number of likely N-dealkylation sites (tertiary alicyclic amines) is 1. The average Bonchev–Trinajstić information content (AvgIpc) is 3.21. The molecule has 0 aromatic heterocycles. The molecule has 1 saturated heterocycles. The van der Waals surface area contributed by atoms with Gasteiger partial charge in [0.1, 0.15) is 0 Å². The molecule has 0 aliphatic carbocycles. The number of benzene rings is 2. The molecule has 0 unspecified atom stereocenters. The van der Waals surface area contributed by atoms with Crippen molar-refractivity contribution in [3.8, 4) is 0 Å². The van der Waals surface area contributed by atoms with E-state index in [1.807, 2.05) is 0 Å². The molecule has 0 bridgehead atoms. The third kappa shape index (κ3) is 7.69. The molecule has 1 fully saturated rings. The van der Waals surface area contributed by atoms with Crippen LogP contribution in [0.1, 0.15) is 36.0 Å². The summed E-state index contributed by atoms with van der Waals surface area (Å²) >= 11 is 2.05. The van der Waals surface area contributed by atoms with Gasteiger partial charge in [-0.3, -0.25) is 4.90 Å². The van der Waals surface area contributed by atoms with E-state index in [1.54, 1.807) is 0 Å². The minimum atomic E-state index is 1.08. The zero-order valence-electron chi connectivity index (χ0n) is 16.8. The highest BCUT2D eigenvalue weighted by atomic mass is 32.2. The Labute approximate surface area is 170 Å². The van der Waals surface area contributed by atoms with Crippen molar-refractivity contribution >= 4 is 11.8 Å². The first-order valence-electron chi connectivity index (χ1n) is 10.4. The van der Waals surface area contributed by atoms with Crippen LogP contribution < -0.4 is 0 Å². The van der Waals surface area contributed by atoms with E-state index in [2.05, 4.69) is 83.1 Å². The number of rotatable bonds is 11. The molecule has 1 heterocycles. The fourth-order valence-corrected chi connectivity index (χ4v) is 4.66. The van der Waals surface area contributed by atoms with E-state index < -0.39 is 0 Å². The first-order chi connectivity index (χ1) is 13.3. The van der Waals surface area contributed by atoms with Gasteiger partial charge in [-0.1, -0.05) is 60.2 Å². The maximum absolute atomic E-state index is 2.65. The molecule has 0 atom stereocenters. The molecule has 2 aromatic carbocycles. The number of hydrogen-bond donors (Lipinski definition) is 0. The maximum Gasteiger partial charge on any atom is 0.0234 e. The summed E-state index contributed by atoms with van der Waals surface area (Å²) in [5.74, 6) is 2.32. The van der Waals surface area contributed by atoms with E-state index in [-0.39, 0.29) is 0 Å². The largest absolute Gasteiger partial charge is 0.303 e. The molecule has 2 nitrogen and oxygen atoms in total. The van der Waals surface area contributed by atoms with Gasteiger partial charge in [-0.05, 0) is 63.5 Å². The summed E-state index contributed by atoms with van der Waals surface area (Å²) in [6, 6.07) is 19.9. The molecule has 0 saturated carbocycles. The molecule has 0 N–H and O–H groups in total. The molecule has 27 heavy (non-hydrogen) atoms. The number of nitrogens with zero attached hydrogens (tertiary/aromatic N) is 2. The second-order valence-corrected chi connectivity index (χ2v) is 8.81. The minimum Gasteiger partial charge on any atom is -0.303 e. The third-order valence-corrected chi connectivity index (χ3v) is 6.35. The summed E-state index contributed by atoms with van der Waals surface area (Å²) in [4.78, 5) is 5.28. The highest BCUT2D eigenvalue weighted by Gasteiger charge is 2.12. The Hall–Kier alpha value is -1.29. The van der Waals surface area contributed by atoms with Crippen LogP contribution >= 0.6 is 11.8 Å². The lowest BCUT2D eigenvalue weighted by Gasteiger charge is -2.24. The van der Waals surface area contributed by atoms with Crippen molar-refractivity contribution in [3.63, 3.8) is 0 Å². The molecule has 0 radical (unpaired) electrons. The van der Waals surface area contributed by atoms with Gasteiger partial charge in [-0.25, -0.2) is 0 Å². The van der Waals surface area contributed by atoms with Crippen LogP contribution in [0.3, 0.4) is 0 Å². The van der Waals surface area contributed by atoms with Crippen molar-refractivity contribution in [2.45, 2.75) is 38.5 Å². The van der Waals surface area contributed by atoms with E-state index >= 15 is 0 Å². The summed E-state index contributed by atoms with van der Waals surface area (Å²) in [5, 5.41) is 0. The average molecular weight is 383 g/mol. The summed E-state index contributed by atoms with van der Waals surface area (Å²) in [7, 11) is 0. The molecule has 3 heteroatoms. The Kier molecular flexibility index (Phi) is 8.73. The topological polar surface area (TPSA) is 6.48 Å². The highest BCUT2D eigenvalue weighted by molar-refractivity contribution is 7.98. The zero-order chi connectivity index (χ0) is 18.7. The van der Waals surface area contributed by atoms with E-state index in [9.17, 15) is 0 Å². The Morgan fingerprint density at radius 1 is 0.889 bits per heavy atom. The summed E-state index contributed by atoms with van der Waals surface area (Å²) in [6.07, 6.45) is 4.07. The Morgan fingerprint density at radius 2 is 1.63 bits per heavy atom. The fourth-order valence-electron chi connectivity index (χ4n) is 3.70. The molecule has 146 valence electrons. The monoisotopic (exact) mass is 382 g/mol. The van der Waals surface area contributed by atoms with Gasteiger partial charge in [0.15, 0.2) is 0 Å². The third-order valence-electron chi connectivity index (χ3n) is 5.34. The summed E-state index contributed by atoms with van der Waals surface area (Å²) in [5.41, 5.74) is 4.22. The van der Waals surface area contributed by atoms with Gasteiger partial charge in [-0.2, -0.15) is 11.8 Å². The first-order valence-corrected chi connectivity index (χ1v) is 11.6. The van der Waals surface area contributed by atoms with Gasteiger partial charge in [0.25, 0.3) is 0 Å². The van der Waals surface area contributed by atoms with Crippen molar-refractivity contribution < 1.29 is 0 Å². The van der Waals surface area contributed by atoms with Crippen LogP contribution in [0.4, 0.5) is 0 Å². The molecule has 0 amide bonds. The van der Waals surface area contributed by atoms with Gasteiger partial charge in [0, 0.05) is 24.6 Å². The Morgan fingerprint density at radius 3 is 2.37 bits per heavy atom. The quantitative estimate of drug-likeness (QED) is 0.492. The second kappa shape index (κ2) is 11.5. The van der Waals surface area contributed by atoms with Crippen LogP contribution in [-0.2, 0) is 12.3 Å². The number of thioether (sulfide) groups is 1. The summed E-state index contributed by atoms with van der Waals surface area (Å²) in [6.45, 7) is 9.50. The lowest BCUT2D eigenvalue weighted by molar-refractivity contribution is 0.249. The predicted octanol–water partition coefficient (Wildman–Crippen LogP) is 5.22. The second-order valence-electron chi connectivity index (χ2n) is 7.70. The highest BCUT2D eigenvalue weighted by Crippen LogP contribution is 2.14. The van der Waals surface area contributed by atoms with Crippen LogP contribution in [0.2, 0.25) is 0 Å². The van der Waals surface area contributed by atoms with Gasteiger partial charge in [-0.15, -0.1) is 0 Å². The van der Waals surface area contributed by atoms with Gasteiger partial charge >= 0.3 is 0 Å². The molecule has 2 aromatic rings. The van der Waals surface area contributed by atoms with Crippen molar-refractivity contribution in [2.75, 3.05) is 38.5 Å². The molecular weight excluding hydrogens is 348 g/mol. The lowest BCUT2D eigenvalue weighted by atomic mass is 10.1.